The van der Waals surface area contributed by atoms with Crippen LogP contribution in [-0.4, -0.2) is 9.78 Å². The van der Waals surface area contributed by atoms with E-state index in [1.165, 1.54) is 12.0 Å². The van der Waals surface area contributed by atoms with E-state index in [9.17, 15) is 0 Å². The fraction of sp³-hybridized carbons (Fsp3) is 0.700. The molecule has 0 aliphatic rings. The lowest BCUT2D eigenvalue weighted by molar-refractivity contribution is 0.559. The molecule has 0 aromatic carbocycles. The number of aryl methyl sites for hydroxylation is 2. The minimum Gasteiger partial charge on any atom is -0.257 e. The minimum absolute atomic E-state index is 0.681. The van der Waals surface area contributed by atoms with Gasteiger partial charge in [-0.2, -0.15) is 5.10 Å². The van der Waals surface area contributed by atoms with Gasteiger partial charge in [-0.3, -0.25) is 4.68 Å². The lowest BCUT2D eigenvalue weighted by atomic mass is 10.00. The third-order valence-corrected chi connectivity index (χ3v) is 2.99. The summed E-state index contributed by atoms with van der Waals surface area (Å²) in [6.07, 6.45) is 2.22. The van der Waals surface area contributed by atoms with Gasteiger partial charge in [-0.1, -0.05) is 31.9 Å². The highest BCUT2D eigenvalue weighted by molar-refractivity contribution is 6.30. The molecule has 0 fully saturated rings. The van der Waals surface area contributed by atoms with Gasteiger partial charge in [-0.05, 0) is 19.3 Å². The molecule has 0 N–H and O–H groups in total. The van der Waals surface area contributed by atoms with Crippen molar-refractivity contribution in [1.29, 1.82) is 0 Å². The molecule has 0 bridgehead atoms. The van der Waals surface area contributed by atoms with Crippen molar-refractivity contribution in [2.75, 3.05) is 0 Å². The first-order chi connectivity index (χ1) is 6.06. The Labute approximate surface area is 84.9 Å². The molecule has 0 saturated carbocycles. The van der Waals surface area contributed by atoms with E-state index in [-0.39, 0.29) is 0 Å². The predicted molar refractivity (Wildman–Crippen MR) is 56.1 cm³/mol. The molecule has 1 rings (SSSR count). The van der Waals surface area contributed by atoms with Crippen LogP contribution in [0.15, 0.2) is 0 Å². The zero-order chi connectivity index (χ0) is 10.0. The van der Waals surface area contributed by atoms with E-state index in [0.717, 1.165) is 17.3 Å². The number of nitrogens with zero attached hydrogens (tertiary/aromatic N) is 2. The average molecular weight is 201 g/mol. The summed E-state index contributed by atoms with van der Waals surface area (Å²) in [5, 5.41) is 5.07. The molecule has 0 radical (unpaired) electrons. The van der Waals surface area contributed by atoms with Crippen LogP contribution in [0, 0.1) is 12.8 Å². The normalized spacial score (nSPS) is 13.3. The van der Waals surface area contributed by atoms with Gasteiger partial charge in [-0.25, -0.2) is 0 Å². The van der Waals surface area contributed by atoms with Crippen molar-refractivity contribution in [3.63, 3.8) is 0 Å². The maximum Gasteiger partial charge on any atom is 0.130 e. The second-order valence-corrected chi connectivity index (χ2v) is 4.05. The summed E-state index contributed by atoms with van der Waals surface area (Å²) in [5.41, 5.74) is 2.27. The number of hydrogen-bond acceptors (Lipinski definition) is 1. The van der Waals surface area contributed by atoms with Crippen molar-refractivity contribution in [2.24, 2.45) is 13.0 Å². The van der Waals surface area contributed by atoms with E-state index in [2.05, 4.69) is 18.9 Å². The lowest BCUT2D eigenvalue weighted by Gasteiger charge is -2.07. The van der Waals surface area contributed by atoms with Gasteiger partial charge in [-0.15, -0.1) is 0 Å². The number of rotatable bonds is 3. The first kappa shape index (κ1) is 10.6. The molecular formula is C10H17ClN2. The fourth-order valence-electron chi connectivity index (χ4n) is 1.40. The monoisotopic (exact) mass is 200 g/mol. The summed E-state index contributed by atoms with van der Waals surface area (Å²) < 4.78 is 1.74. The van der Waals surface area contributed by atoms with Crippen molar-refractivity contribution in [3.8, 4) is 0 Å². The molecule has 0 aliphatic carbocycles. The Bertz CT molecular complexity index is 291. The summed E-state index contributed by atoms with van der Waals surface area (Å²) >= 11 is 6.12. The Morgan fingerprint density at radius 1 is 1.54 bits per heavy atom. The van der Waals surface area contributed by atoms with Crippen LogP contribution in [-0.2, 0) is 13.5 Å². The molecule has 0 aliphatic heterocycles. The summed E-state index contributed by atoms with van der Waals surface area (Å²) in [6, 6.07) is 0. The van der Waals surface area contributed by atoms with Crippen LogP contribution >= 0.6 is 11.6 Å². The van der Waals surface area contributed by atoms with Crippen molar-refractivity contribution < 1.29 is 0 Å². The summed E-state index contributed by atoms with van der Waals surface area (Å²) in [6.45, 7) is 6.45. The van der Waals surface area contributed by atoms with Gasteiger partial charge >= 0.3 is 0 Å². The topological polar surface area (TPSA) is 17.8 Å². The Hall–Kier alpha value is -0.500. The molecule has 0 spiro atoms. The van der Waals surface area contributed by atoms with Crippen LogP contribution in [0.4, 0.5) is 0 Å². The van der Waals surface area contributed by atoms with Crippen molar-refractivity contribution in [2.45, 2.75) is 33.6 Å². The van der Waals surface area contributed by atoms with Gasteiger partial charge < -0.3 is 0 Å². The molecule has 1 aromatic heterocycles. The molecular weight excluding hydrogens is 184 g/mol. The molecule has 1 atom stereocenters. The smallest absolute Gasteiger partial charge is 0.130 e. The highest BCUT2D eigenvalue weighted by atomic mass is 35.5. The number of aromatic nitrogens is 2. The standard InChI is InChI=1S/C10H17ClN2/c1-5-7(2)6-9-8(3)12-13(4)10(9)11/h7H,5-6H2,1-4H3. The van der Waals surface area contributed by atoms with E-state index in [0.29, 0.717) is 5.92 Å². The third kappa shape index (κ3) is 2.25. The largest absolute Gasteiger partial charge is 0.257 e. The Balaban J connectivity index is 2.87. The van der Waals surface area contributed by atoms with Gasteiger partial charge in [0.2, 0.25) is 0 Å². The average Bonchev–Trinajstić information content (AvgIpc) is 2.32. The van der Waals surface area contributed by atoms with Crippen LogP contribution in [0.2, 0.25) is 5.15 Å². The van der Waals surface area contributed by atoms with E-state index in [4.69, 9.17) is 11.6 Å². The first-order valence-electron chi connectivity index (χ1n) is 4.74. The second kappa shape index (κ2) is 4.14. The number of hydrogen-bond donors (Lipinski definition) is 0. The molecule has 3 heteroatoms. The molecule has 1 unspecified atom stereocenters. The predicted octanol–water partition coefficient (Wildman–Crippen LogP) is 2.97. The summed E-state index contributed by atoms with van der Waals surface area (Å²) in [7, 11) is 1.88. The van der Waals surface area contributed by atoms with Gasteiger partial charge in [0.15, 0.2) is 0 Å². The van der Waals surface area contributed by atoms with E-state index >= 15 is 0 Å². The van der Waals surface area contributed by atoms with E-state index in [1.807, 2.05) is 14.0 Å². The van der Waals surface area contributed by atoms with Crippen LogP contribution in [0.25, 0.3) is 0 Å². The molecule has 13 heavy (non-hydrogen) atoms. The summed E-state index contributed by atoms with van der Waals surface area (Å²) in [4.78, 5) is 0. The van der Waals surface area contributed by atoms with Crippen LogP contribution in [0.3, 0.4) is 0 Å². The molecule has 0 amide bonds. The quantitative estimate of drug-likeness (QED) is 0.734. The Morgan fingerprint density at radius 2 is 2.15 bits per heavy atom. The highest BCUT2D eigenvalue weighted by Gasteiger charge is 2.12. The van der Waals surface area contributed by atoms with Gasteiger partial charge in [0.1, 0.15) is 5.15 Å². The van der Waals surface area contributed by atoms with Crippen molar-refractivity contribution in [3.05, 3.63) is 16.4 Å². The Morgan fingerprint density at radius 3 is 2.54 bits per heavy atom. The highest BCUT2D eigenvalue weighted by Crippen LogP contribution is 2.22. The van der Waals surface area contributed by atoms with Crippen LogP contribution < -0.4 is 0 Å². The zero-order valence-corrected chi connectivity index (χ0v) is 9.52. The fourth-order valence-corrected chi connectivity index (χ4v) is 1.65. The van der Waals surface area contributed by atoms with Crippen LogP contribution in [0.1, 0.15) is 31.5 Å². The van der Waals surface area contributed by atoms with Crippen molar-refractivity contribution in [1.82, 2.24) is 9.78 Å². The SMILES string of the molecule is CCC(C)Cc1c(C)nn(C)c1Cl. The molecule has 74 valence electrons. The minimum atomic E-state index is 0.681. The van der Waals surface area contributed by atoms with Gasteiger partial charge in [0.05, 0.1) is 5.69 Å². The zero-order valence-electron chi connectivity index (χ0n) is 8.76. The van der Waals surface area contributed by atoms with Gasteiger partial charge in [0.25, 0.3) is 0 Å². The van der Waals surface area contributed by atoms with Crippen molar-refractivity contribution >= 4 is 11.6 Å². The van der Waals surface area contributed by atoms with Gasteiger partial charge in [0, 0.05) is 12.6 Å². The lowest BCUT2D eigenvalue weighted by Crippen LogP contribution is -1.99. The maximum atomic E-state index is 6.12. The van der Waals surface area contributed by atoms with E-state index in [1.54, 1.807) is 4.68 Å². The maximum absolute atomic E-state index is 6.12. The first-order valence-corrected chi connectivity index (χ1v) is 5.12. The number of halogens is 1. The summed E-state index contributed by atoms with van der Waals surface area (Å²) in [5.74, 6) is 0.681. The molecule has 1 heterocycles. The third-order valence-electron chi connectivity index (χ3n) is 2.52. The molecule has 1 aromatic rings. The van der Waals surface area contributed by atoms with Crippen LogP contribution in [0.5, 0.6) is 0 Å². The van der Waals surface area contributed by atoms with E-state index < -0.39 is 0 Å². The Kier molecular flexibility index (Phi) is 3.37. The molecule has 0 saturated heterocycles. The second-order valence-electron chi connectivity index (χ2n) is 3.70. The molecule has 2 nitrogen and oxygen atoms in total.